The fourth-order valence-corrected chi connectivity index (χ4v) is 5.99. The van der Waals surface area contributed by atoms with Crippen molar-refractivity contribution < 1.29 is 9.15 Å². The zero-order chi connectivity index (χ0) is 20.2. The third kappa shape index (κ3) is 3.27. The molecule has 3 nitrogen and oxygen atoms in total. The molecule has 2 fully saturated rings. The van der Waals surface area contributed by atoms with Crippen LogP contribution in [-0.4, -0.2) is 19.7 Å². The molecule has 1 aliphatic heterocycles. The maximum Gasteiger partial charge on any atom is 0.215 e. The fraction of sp³-hybridized carbons (Fsp3) is 0.423. The van der Waals surface area contributed by atoms with E-state index in [1.807, 2.05) is 12.1 Å². The van der Waals surface area contributed by atoms with Gasteiger partial charge < -0.3 is 9.15 Å². The zero-order valence-corrected chi connectivity index (χ0v) is 17.9. The first-order chi connectivity index (χ1) is 13.9. The van der Waals surface area contributed by atoms with Crippen molar-refractivity contribution in [2.45, 2.75) is 46.1 Å². The number of fused-ring (bicyclic) bond motifs is 3. The molecule has 3 heteroatoms. The number of hydrogen-bond acceptors (Lipinski definition) is 2. The van der Waals surface area contributed by atoms with Crippen LogP contribution in [-0.2, 0) is 0 Å². The van der Waals surface area contributed by atoms with Gasteiger partial charge in [0.05, 0.1) is 18.6 Å². The second-order valence-corrected chi connectivity index (χ2v) is 10.1. The summed E-state index contributed by atoms with van der Waals surface area (Å²) >= 11 is 0. The first-order valence-electron chi connectivity index (χ1n) is 10.6. The lowest BCUT2D eigenvalue weighted by Gasteiger charge is -2.36. The molecule has 0 spiro atoms. The SMILES string of the molecule is COc1ccc(-c2cc(=[N+]3C[C@@]4(C)C[C@@H]3CC(C)(C)C4)c3ccccc3o2)cc1. The lowest BCUT2D eigenvalue weighted by Crippen LogP contribution is -2.37. The molecule has 1 saturated carbocycles. The van der Waals surface area contributed by atoms with Crippen LogP contribution in [0.4, 0.5) is 0 Å². The van der Waals surface area contributed by atoms with Crippen molar-refractivity contribution in [3.63, 3.8) is 0 Å². The second-order valence-electron chi connectivity index (χ2n) is 10.1. The van der Waals surface area contributed by atoms with Gasteiger partial charge in [0.15, 0.2) is 6.04 Å². The lowest BCUT2D eigenvalue weighted by atomic mass is 9.65. The number of ether oxygens (including phenoxy) is 1. The number of rotatable bonds is 2. The minimum Gasteiger partial charge on any atom is -0.497 e. The Hall–Kier alpha value is -2.55. The molecule has 1 saturated heterocycles. The van der Waals surface area contributed by atoms with Crippen LogP contribution in [0.1, 0.15) is 40.0 Å². The van der Waals surface area contributed by atoms with Crippen molar-refractivity contribution in [1.29, 1.82) is 0 Å². The van der Waals surface area contributed by atoms with Gasteiger partial charge in [0.25, 0.3) is 0 Å². The van der Waals surface area contributed by atoms with Crippen molar-refractivity contribution in [3.8, 4) is 17.1 Å². The summed E-state index contributed by atoms with van der Waals surface area (Å²) in [5, 5.41) is 2.52. The molecule has 0 N–H and O–H groups in total. The summed E-state index contributed by atoms with van der Waals surface area (Å²) in [7, 11) is 1.70. The Morgan fingerprint density at radius 2 is 1.76 bits per heavy atom. The molecule has 1 aliphatic carbocycles. The van der Waals surface area contributed by atoms with Crippen LogP contribution < -0.4 is 14.7 Å². The molecule has 1 aromatic heterocycles. The maximum absolute atomic E-state index is 6.33. The van der Waals surface area contributed by atoms with E-state index >= 15 is 0 Å². The standard InChI is InChI=1S/C26H30NO2/c1-25(2)14-19-15-26(3,16-25)17-27(19)22-13-24(18-9-11-20(28-4)12-10-18)29-23-8-6-5-7-21(22)23/h5-13,19H,14-17H2,1-4H3/q+1/t19-,26-/m0/s1. The number of hydrogen-bond donors (Lipinski definition) is 0. The molecule has 5 rings (SSSR count). The van der Waals surface area contributed by atoms with Gasteiger partial charge >= 0.3 is 0 Å². The topological polar surface area (TPSA) is 25.4 Å². The van der Waals surface area contributed by atoms with Gasteiger partial charge in [-0.15, -0.1) is 0 Å². The molecule has 2 aromatic carbocycles. The Labute approximate surface area is 172 Å². The highest BCUT2D eigenvalue weighted by atomic mass is 16.5. The van der Waals surface area contributed by atoms with Gasteiger partial charge in [0.1, 0.15) is 23.6 Å². The summed E-state index contributed by atoms with van der Waals surface area (Å²) in [6.07, 6.45) is 3.84. The van der Waals surface area contributed by atoms with Gasteiger partial charge in [-0.2, -0.15) is 0 Å². The summed E-state index contributed by atoms with van der Waals surface area (Å²) < 4.78 is 14.3. The van der Waals surface area contributed by atoms with Crippen LogP contribution in [0, 0.1) is 10.8 Å². The molecule has 2 heterocycles. The second kappa shape index (κ2) is 6.48. The summed E-state index contributed by atoms with van der Waals surface area (Å²) in [6.45, 7) is 8.46. The van der Waals surface area contributed by atoms with Crippen LogP contribution in [0.25, 0.3) is 22.3 Å². The fourth-order valence-electron chi connectivity index (χ4n) is 5.99. The molecule has 29 heavy (non-hydrogen) atoms. The predicted molar refractivity (Wildman–Crippen MR) is 118 cm³/mol. The summed E-state index contributed by atoms with van der Waals surface area (Å²) in [5.74, 6) is 1.77. The Balaban J connectivity index is 1.74. The van der Waals surface area contributed by atoms with E-state index in [1.54, 1.807) is 7.11 Å². The van der Waals surface area contributed by atoms with Gasteiger partial charge in [-0.05, 0) is 48.2 Å². The van der Waals surface area contributed by atoms with E-state index in [4.69, 9.17) is 9.15 Å². The van der Waals surface area contributed by atoms with E-state index in [1.165, 1.54) is 30.0 Å². The Morgan fingerprint density at radius 3 is 2.52 bits per heavy atom. The van der Waals surface area contributed by atoms with Crippen LogP contribution in [0.5, 0.6) is 5.75 Å². The molecule has 0 unspecified atom stereocenters. The smallest absolute Gasteiger partial charge is 0.215 e. The number of benzene rings is 2. The van der Waals surface area contributed by atoms with Gasteiger partial charge in [-0.3, -0.25) is 0 Å². The zero-order valence-electron chi connectivity index (χ0n) is 17.9. The third-order valence-corrected chi connectivity index (χ3v) is 6.75. The molecule has 3 aromatic rings. The molecule has 2 bridgehead atoms. The number of methoxy groups -OCH3 is 1. The first-order valence-corrected chi connectivity index (χ1v) is 10.6. The maximum atomic E-state index is 6.33. The van der Waals surface area contributed by atoms with Crippen molar-refractivity contribution in [2.75, 3.05) is 13.7 Å². The molecular weight excluding hydrogens is 358 g/mol. The van der Waals surface area contributed by atoms with Crippen molar-refractivity contribution >= 4 is 11.0 Å². The van der Waals surface area contributed by atoms with Crippen LogP contribution in [0.3, 0.4) is 0 Å². The summed E-state index contributed by atoms with van der Waals surface area (Å²) in [4.78, 5) is 0. The van der Waals surface area contributed by atoms with Gasteiger partial charge in [-0.25, -0.2) is 4.58 Å². The minimum absolute atomic E-state index is 0.390. The molecule has 2 aliphatic rings. The molecule has 150 valence electrons. The van der Waals surface area contributed by atoms with Crippen molar-refractivity contribution in [2.24, 2.45) is 10.8 Å². The quantitative estimate of drug-likeness (QED) is 0.543. The van der Waals surface area contributed by atoms with Crippen molar-refractivity contribution in [3.05, 3.63) is 60.0 Å². The van der Waals surface area contributed by atoms with E-state index in [0.717, 1.165) is 29.2 Å². The van der Waals surface area contributed by atoms with Crippen molar-refractivity contribution in [1.82, 2.24) is 4.58 Å². The van der Waals surface area contributed by atoms with Gasteiger partial charge in [-0.1, -0.05) is 32.9 Å². The Morgan fingerprint density at radius 1 is 1.00 bits per heavy atom. The Bertz CT molecular complexity index is 1140. The first kappa shape index (κ1) is 18.5. The highest BCUT2D eigenvalue weighted by Crippen LogP contribution is 2.50. The van der Waals surface area contributed by atoms with Crippen LogP contribution in [0.15, 0.2) is 59.0 Å². The molecular formula is C26H30NO2+. The Kier molecular flexibility index (Phi) is 4.13. The lowest BCUT2D eigenvalue weighted by molar-refractivity contribution is 0.135. The molecule has 2 atom stereocenters. The molecule has 0 amide bonds. The summed E-state index contributed by atoms with van der Waals surface area (Å²) in [6, 6.07) is 19.4. The van der Waals surface area contributed by atoms with E-state index in [2.05, 4.69) is 67.8 Å². The average molecular weight is 389 g/mol. The minimum atomic E-state index is 0.390. The van der Waals surface area contributed by atoms with E-state index in [9.17, 15) is 0 Å². The van der Waals surface area contributed by atoms with E-state index in [0.29, 0.717) is 16.9 Å². The van der Waals surface area contributed by atoms with Gasteiger partial charge in [0.2, 0.25) is 5.36 Å². The highest BCUT2D eigenvalue weighted by molar-refractivity contribution is 5.78. The summed E-state index contributed by atoms with van der Waals surface area (Å²) in [5.41, 5.74) is 2.81. The number of para-hydroxylation sites is 1. The van der Waals surface area contributed by atoms with E-state index < -0.39 is 0 Å². The average Bonchev–Trinajstić information content (AvgIpc) is 2.95. The van der Waals surface area contributed by atoms with Crippen LogP contribution >= 0.6 is 0 Å². The van der Waals surface area contributed by atoms with Gasteiger partial charge in [0, 0.05) is 23.8 Å². The van der Waals surface area contributed by atoms with Crippen LogP contribution in [0.2, 0.25) is 0 Å². The largest absolute Gasteiger partial charge is 0.497 e. The monoisotopic (exact) mass is 388 g/mol. The predicted octanol–water partition coefficient (Wildman–Crippen LogP) is 5.48. The highest BCUT2D eigenvalue weighted by Gasteiger charge is 2.53. The van der Waals surface area contributed by atoms with E-state index in [-0.39, 0.29) is 0 Å². The number of nitrogens with zero attached hydrogens (tertiary/aromatic N) is 1. The molecule has 0 radical (unpaired) electrons. The third-order valence-electron chi connectivity index (χ3n) is 6.75. The normalized spacial score (nSPS) is 27.2.